The molecule has 0 saturated carbocycles. The number of benzene rings is 2. The van der Waals surface area contributed by atoms with Crippen LogP contribution in [0.5, 0.6) is 11.5 Å². The number of halogens is 1. The maximum atomic E-state index is 12.2. The van der Waals surface area contributed by atoms with Crippen molar-refractivity contribution in [2.75, 3.05) is 6.61 Å². The standard InChI is InChI=1S/C20H23ClN2O4/c1-4-18(27-15-7-5-13(2)6-8-15)20(25)23-22-19(24)12-26-16-9-10-17(21)14(3)11-16/h5-11,18H,4,12H2,1-3H3,(H,22,24)(H,23,25). The highest BCUT2D eigenvalue weighted by Gasteiger charge is 2.19. The highest BCUT2D eigenvalue weighted by Crippen LogP contribution is 2.20. The predicted octanol–water partition coefficient (Wildman–Crippen LogP) is 3.34. The fourth-order valence-electron chi connectivity index (χ4n) is 2.21. The van der Waals surface area contributed by atoms with Crippen molar-refractivity contribution in [3.8, 4) is 11.5 Å². The lowest BCUT2D eigenvalue weighted by molar-refractivity contribution is -0.134. The molecule has 0 aromatic heterocycles. The molecule has 2 rings (SSSR count). The molecule has 0 saturated heterocycles. The molecule has 0 spiro atoms. The van der Waals surface area contributed by atoms with Crippen LogP contribution in [0.1, 0.15) is 24.5 Å². The molecule has 2 aromatic carbocycles. The van der Waals surface area contributed by atoms with Gasteiger partial charge < -0.3 is 9.47 Å². The van der Waals surface area contributed by atoms with Crippen molar-refractivity contribution in [2.24, 2.45) is 0 Å². The zero-order valence-electron chi connectivity index (χ0n) is 15.5. The third kappa shape index (κ3) is 6.49. The molecule has 2 amide bonds. The number of carbonyl (C=O) groups is 2. The number of hydrazine groups is 1. The summed E-state index contributed by atoms with van der Waals surface area (Å²) in [5, 5.41) is 0.623. The number of carbonyl (C=O) groups excluding carboxylic acids is 2. The maximum Gasteiger partial charge on any atom is 0.279 e. The van der Waals surface area contributed by atoms with Crippen molar-refractivity contribution in [2.45, 2.75) is 33.3 Å². The summed E-state index contributed by atoms with van der Waals surface area (Å²) >= 11 is 5.94. The molecular weight excluding hydrogens is 368 g/mol. The van der Waals surface area contributed by atoms with Gasteiger partial charge in [-0.1, -0.05) is 36.2 Å². The summed E-state index contributed by atoms with van der Waals surface area (Å²) in [6.07, 6.45) is -0.260. The molecule has 0 aliphatic heterocycles. The van der Waals surface area contributed by atoms with Gasteiger partial charge in [0, 0.05) is 5.02 Å². The number of ether oxygens (including phenoxy) is 2. The van der Waals surface area contributed by atoms with E-state index in [-0.39, 0.29) is 6.61 Å². The third-order valence-electron chi connectivity index (χ3n) is 3.79. The van der Waals surface area contributed by atoms with Crippen LogP contribution in [0.4, 0.5) is 0 Å². The van der Waals surface area contributed by atoms with E-state index in [0.717, 1.165) is 11.1 Å². The summed E-state index contributed by atoms with van der Waals surface area (Å²) in [5.74, 6) is 0.192. The average Bonchev–Trinajstić information content (AvgIpc) is 2.66. The Morgan fingerprint density at radius 1 is 1.04 bits per heavy atom. The molecule has 7 heteroatoms. The van der Waals surface area contributed by atoms with E-state index in [1.54, 1.807) is 30.3 Å². The van der Waals surface area contributed by atoms with Crippen LogP contribution in [0, 0.1) is 13.8 Å². The molecule has 0 radical (unpaired) electrons. The lowest BCUT2D eigenvalue weighted by Crippen LogP contribution is -2.49. The molecule has 0 aliphatic rings. The second-order valence-electron chi connectivity index (χ2n) is 6.06. The van der Waals surface area contributed by atoms with Gasteiger partial charge in [0.15, 0.2) is 12.7 Å². The first-order chi connectivity index (χ1) is 12.9. The van der Waals surface area contributed by atoms with Gasteiger partial charge in [0.2, 0.25) is 0 Å². The predicted molar refractivity (Wildman–Crippen MR) is 104 cm³/mol. The van der Waals surface area contributed by atoms with Crippen molar-refractivity contribution >= 4 is 23.4 Å². The molecule has 1 atom stereocenters. The number of hydrogen-bond donors (Lipinski definition) is 2. The zero-order chi connectivity index (χ0) is 19.8. The number of amides is 2. The Morgan fingerprint density at radius 2 is 1.70 bits per heavy atom. The van der Waals surface area contributed by atoms with Gasteiger partial charge in [-0.25, -0.2) is 0 Å². The third-order valence-corrected chi connectivity index (χ3v) is 4.21. The van der Waals surface area contributed by atoms with E-state index in [1.165, 1.54) is 0 Å². The minimum absolute atomic E-state index is 0.239. The minimum atomic E-state index is -0.715. The molecule has 27 heavy (non-hydrogen) atoms. The number of rotatable bonds is 7. The smallest absolute Gasteiger partial charge is 0.279 e. The van der Waals surface area contributed by atoms with Gasteiger partial charge in [-0.15, -0.1) is 0 Å². The molecule has 0 bridgehead atoms. The molecule has 0 aliphatic carbocycles. The van der Waals surface area contributed by atoms with Crippen molar-refractivity contribution < 1.29 is 19.1 Å². The largest absolute Gasteiger partial charge is 0.484 e. The van der Waals surface area contributed by atoms with E-state index in [0.29, 0.717) is 22.9 Å². The van der Waals surface area contributed by atoms with E-state index in [4.69, 9.17) is 21.1 Å². The van der Waals surface area contributed by atoms with Gasteiger partial charge in [-0.05, 0) is 56.2 Å². The normalized spacial score (nSPS) is 11.4. The van der Waals surface area contributed by atoms with E-state index in [9.17, 15) is 9.59 Å². The summed E-state index contributed by atoms with van der Waals surface area (Å²) in [5.41, 5.74) is 6.63. The van der Waals surface area contributed by atoms with Gasteiger partial charge in [0.1, 0.15) is 11.5 Å². The molecule has 144 valence electrons. The Morgan fingerprint density at radius 3 is 2.33 bits per heavy atom. The maximum absolute atomic E-state index is 12.2. The molecule has 2 N–H and O–H groups in total. The Hall–Kier alpha value is -2.73. The first kappa shape index (κ1) is 20.6. The second-order valence-corrected chi connectivity index (χ2v) is 6.47. The lowest BCUT2D eigenvalue weighted by atomic mass is 10.2. The first-order valence-corrected chi connectivity index (χ1v) is 8.97. The second kappa shape index (κ2) is 9.83. The fraction of sp³-hybridized carbons (Fsp3) is 0.300. The molecule has 0 heterocycles. The van der Waals surface area contributed by atoms with Crippen LogP contribution >= 0.6 is 11.6 Å². The van der Waals surface area contributed by atoms with Gasteiger partial charge in [0.25, 0.3) is 11.8 Å². The highest BCUT2D eigenvalue weighted by atomic mass is 35.5. The summed E-state index contributed by atoms with van der Waals surface area (Å²) in [6, 6.07) is 12.5. The van der Waals surface area contributed by atoms with Crippen LogP contribution in [0.25, 0.3) is 0 Å². The molecule has 1 unspecified atom stereocenters. The topological polar surface area (TPSA) is 76.7 Å². The molecular formula is C20H23ClN2O4. The van der Waals surface area contributed by atoms with Gasteiger partial charge in [0.05, 0.1) is 0 Å². The van der Waals surface area contributed by atoms with Crippen LogP contribution in [-0.2, 0) is 9.59 Å². The van der Waals surface area contributed by atoms with Crippen LogP contribution in [-0.4, -0.2) is 24.5 Å². The highest BCUT2D eigenvalue weighted by molar-refractivity contribution is 6.31. The summed E-state index contributed by atoms with van der Waals surface area (Å²) in [6.45, 7) is 5.40. The lowest BCUT2D eigenvalue weighted by Gasteiger charge is -2.17. The first-order valence-electron chi connectivity index (χ1n) is 8.60. The number of aryl methyl sites for hydroxylation is 2. The minimum Gasteiger partial charge on any atom is -0.484 e. The molecule has 2 aromatic rings. The average molecular weight is 391 g/mol. The quantitative estimate of drug-likeness (QED) is 0.711. The fourth-order valence-corrected chi connectivity index (χ4v) is 2.32. The summed E-state index contributed by atoms with van der Waals surface area (Å²) < 4.78 is 11.0. The summed E-state index contributed by atoms with van der Waals surface area (Å²) in [7, 11) is 0. The van der Waals surface area contributed by atoms with Crippen LogP contribution in [0.15, 0.2) is 42.5 Å². The SMILES string of the molecule is CCC(Oc1ccc(C)cc1)C(=O)NNC(=O)COc1ccc(Cl)c(C)c1. The van der Waals surface area contributed by atoms with Crippen molar-refractivity contribution in [3.05, 3.63) is 58.6 Å². The molecule has 0 fully saturated rings. The van der Waals surface area contributed by atoms with Crippen molar-refractivity contribution in [3.63, 3.8) is 0 Å². The van der Waals surface area contributed by atoms with Gasteiger partial charge in [-0.2, -0.15) is 0 Å². The van der Waals surface area contributed by atoms with Crippen molar-refractivity contribution in [1.82, 2.24) is 10.9 Å². The van der Waals surface area contributed by atoms with E-state index >= 15 is 0 Å². The van der Waals surface area contributed by atoms with Crippen molar-refractivity contribution in [1.29, 1.82) is 0 Å². The van der Waals surface area contributed by atoms with Crippen LogP contribution in [0.3, 0.4) is 0 Å². The summed E-state index contributed by atoms with van der Waals surface area (Å²) in [4.78, 5) is 24.1. The Kier molecular flexibility index (Phi) is 7.49. The van der Waals surface area contributed by atoms with Gasteiger partial charge >= 0.3 is 0 Å². The molecule has 6 nitrogen and oxygen atoms in total. The zero-order valence-corrected chi connectivity index (χ0v) is 16.3. The van der Waals surface area contributed by atoms with E-state index in [1.807, 2.05) is 32.9 Å². The van der Waals surface area contributed by atoms with E-state index in [2.05, 4.69) is 10.9 Å². The monoisotopic (exact) mass is 390 g/mol. The van der Waals surface area contributed by atoms with Crippen LogP contribution < -0.4 is 20.3 Å². The Balaban J connectivity index is 1.79. The number of nitrogens with one attached hydrogen (secondary N) is 2. The van der Waals surface area contributed by atoms with E-state index < -0.39 is 17.9 Å². The van der Waals surface area contributed by atoms with Gasteiger partial charge in [-0.3, -0.25) is 20.4 Å². The Bertz CT molecular complexity index is 793. The van der Waals surface area contributed by atoms with Crippen LogP contribution in [0.2, 0.25) is 5.02 Å². The number of hydrogen-bond acceptors (Lipinski definition) is 4. The Labute approximate surface area is 163 Å².